The van der Waals surface area contributed by atoms with E-state index in [9.17, 15) is 0 Å². The van der Waals surface area contributed by atoms with Gasteiger partial charge in [-0.15, -0.1) is 0 Å². The summed E-state index contributed by atoms with van der Waals surface area (Å²) < 4.78 is 5.63. The molecule has 0 amide bonds. The molecule has 2 heteroatoms. The fourth-order valence-corrected chi connectivity index (χ4v) is 1.57. The third kappa shape index (κ3) is 7.11. The van der Waals surface area contributed by atoms with Crippen molar-refractivity contribution in [2.75, 3.05) is 13.2 Å². The molecule has 1 aromatic heterocycles. The number of aromatic nitrogens is 1. The molecule has 0 unspecified atom stereocenters. The van der Waals surface area contributed by atoms with Gasteiger partial charge in [0.1, 0.15) is 0 Å². The van der Waals surface area contributed by atoms with Crippen molar-refractivity contribution in [3.8, 4) is 0 Å². The molecule has 17 heavy (non-hydrogen) atoms. The highest BCUT2D eigenvalue weighted by atomic mass is 16.5. The van der Waals surface area contributed by atoms with Crippen LogP contribution in [0.1, 0.15) is 45.0 Å². The normalized spacial score (nSPS) is 11.8. The Hall–Kier alpha value is -0.890. The SMILES string of the molecule is Cc1cccc(CCCOCCC(C)(C)C)n1. The molecule has 0 aliphatic rings. The van der Waals surface area contributed by atoms with Gasteiger partial charge in [-0.1, -0.05) is 26.8 Å². The van der Waals surface area contributed by atoms with Crippen LogP contribution < -0.4 is 0 Å². The van der Waals surface area contributed by atoms with Crippen molar-refractivity contribution in [1.29, 1.82) is 0 Å². The quantitative estimate of drug-likeness (QED) is 0.700. The van der Waals surface area contributed by atoms with Gasteiger partial charge < -0.3 is 4.74 Å². The number of pyridine rings is 1. The monoisotopic (exact) mass is 235 g/mol. The standard InChI is InChI=1S/C15H25NO/c1-13-7-5-8-14(16-13)9-6-11-17-12-10-15(2,3)4/h5,7-8H,6,9-12H2,1-4H3. The van der Waals surface area contributed by atoms with Crippen LogP contribution in [-0.2, 0) is 11.2 Å². The molecule has 0 N–H and O–H groups in total. The van der Waals surface area contributed by atoms with Crippen LogP contribution in [0.3, 0.4) is 0 Å². The number of ether oxygens (including phenoxy) is 1. The van der Waals surface area contributed by atoms with Crippen LogP contribution in [0.5, 0.6) is 0 Å². The van der Waals surface area contributed by atoms with Gasteiger partial charge in [0.2, 0.25) is 0 Å². The smallest absolute Gasteiger partial charge is 0.0471 e. The molecule has 0 aromatic carbocycles. The topological polar surface area (TPSA) is 22.1 Å². The summed E-state index contributed by atoms with van der Waals surface area (Å²) in [5.41, 5.74) is 2.64. The lowest BCUT2D eigenvalue weighted by atomic mass is 9.93. The zero-order chi connectivity index (χ0) is 12.7. The molecule has 0 fully saturated rings. The molecule has 2 nitrogen and oxygen atoms in total. The molecule has 0 aliphatic heterocycles. The predicted molar refractivity (Wildman–Crippen MR) is 72.2 cm³/mol. The van der Waals surface area contributed by atoms with E-state index >= 15 is 0 Å². The molecule has 96 valence electrons. The van der Waals surface area contributed by atoms with Crippen LogP contribution in [0.2, 0.25) is 0 Å². The summed E-state index contributed by atoms with van der Waals surface area (Å²) in [4.78, 5) is 4.47. The number of nitrogens with zero attached hydrogens (tertiary/aromatic N) is 1. The Labute approximate surface area is 105 Å². The lowest BCUT2D eigenvalue weighted by molar-refractivity contribution is 0.106. The van der Waals surface area contributed by atoms with Gasteiger partial charge in [-0.25, -0.2) is 0 Å². The first-order chi connectivity index (χ1) is 7.97. The predicted octanol–water partition coefficient (Wildman–Crippen LogP) is 3.78. The van der Waals surface area contributed by atoms with Crippen LogP contribution in [0.4, 0.5) is 0 Å². The van der Waals surface area contributed by atoms with E-state index in [2.05, 4.69) is 37.9 Å². The van der Waals surface area contributed by atoms with Gasteiger partial charge in [-0.2, -0.15) is 0 Å². The highest BCUT2D eigenvalue weighted by Crippen LogP contribution is 2.17. The summed E-state index contributed by atoms with van der Waals surface area (Å²) >= 11 is 0. The summed E-state index contributed by atoms with van der Waals surface area (Å²) in [7, 11) is 0. The lowest BCUT2D eigenvalue weighted by Gasteiger charge is -2.17. The van der Waals surface area contributed by atoms with E-state index in [-0.39, 0.29) is 0 Å². The molecule has 0 atom stereocenters. The van der Waals surface area contributed by atoms with Crippen LogP contribution >= 0.6 is 0 Å². The average molecular weight is 235 g/mol. The third-order valence-corrected chi connectivity index (χ3v) is 2.66. The molecule has 0 aliphatic carbocycles. The Bertz CT molecular complexity index is 328. The Morgan fingerprint density at radius 1 is 1.18 bits per heavy atom. The van der Waals surface area contributed by atoms with Crippen molar-refractivity contribution < 1.29 is 4.74 Å². The van der Waals surface area contributed by atoms with Crippen molar-refractivity contribution in [1.82, 2.24) is 4.98 Å². The van der Waals surface area contributed by atoms with Crippen molar-refractivity contribution in [2.45, 2.75) is 47.0 Å². The van der Waals surface area contributed by atoms with E-state index in [1.54, 1.807) is 0 Å². The van der Waals surface area contributed by atoms with Gasteiger partial charge in [-0.05, 0) is 43.7 Å². The largest absolute Gasteiger partial charge is 0.381 e. The van der Waals surface area contributed by atoms with Crippen molar-refractivity contribution in [2.24, 2.45) is 5.41 Å². The van der Waals surface area contributed by atoms with E-state index in [1.165, 1.54) is 5.69 Å². The molecule has 0 bridgehead atoms. The molecule has 0 radical (unpaired) electrons. The molecule has 0 saturated heterocycles. The van der Waals surface area contributed by atoms with Crippen LogP contribution in [0, 0.1) is 12.3 Å². The number of rotatable bonds is 6. The summed E-state index contributed by atoms with van der Waals surface area (Å²) in [6.45, 7) is 10.5. The zero-order valence-electron chi connectivity index (χ0n) is 11.6. The molecule has 1 aromatic rings. The summed E-state index contributed by atoms with van der Waals surface area (Å²) in [6.07, 6.45) is 3.19. The van der Waals surface area contributed by atoms with Gasteiger partial charge in [0, 0.05) is 24.6 Å². The first kappa shape index (κ1) is 14.2. The molecular formula is C15H25NO. The third-order valence-electron chi connectivity index (χ3n) is 2.66. The van der Waals surface area contributed by atoms with Gasteiger partial charge in [0.05, 0.1) is 0 Å². The Kier molecular flexibility index (Phi) is 5.63. The fourth-order valence-electron chi connectivity index (χ4n) is 1.57. The van der Waals surface area contributed by atoms with Crippen molar-refractivity contribution >= 4 is 0 Å². The van der Waals surface area contributed by atoms with E-state index in [0.717, 1.165) is 38.2 Å². The molecule has 0 spiro atoms. The second-order valence-electron chi connectivity index (χ2n) is 5.80. The molecule has 0 saturated carbocycles. The summed E-state index contributed by atoms with van der Waals surface area (Å²) in [5, 5.41) is 0. The Morgan fingerprint density at radius 3 is 2.59 bits per heavy atom. The zero-order valence-corrected chi connectivity index (χ0v) is 11.6. The van der Waals surface area contributed by atoms with Gasteiger partial charge >= 0.3 is 0 Å². The number of hydrogen-bond acceptors (Lipinski definition) is 2. The summed E-state index contributed by atoms with van der Waals surface area (Å²) in [5.74, 6) is 0. The van der Waals surface area contributed by atoms with Crippen LogP contribution in [0.15, 0.2) is 18.2 Å². The van der Waals surface area contributed by atoms with E-state index in [1.807, 2.05) is 13.0 Å². The lowest BCUT2D eigenvalue weighted by Crippen LogP contribution is -2.10. The van der Waals surface area contributed by atoms with Gasteiger partial charge in [0.15, 0.2) is 0 Å². The minimum Gasteiger partial charge on any atom is -0.381 e. The first-order valence-electron chi connectivity index (χ1n) is 6.48. The average Bonchev–Trinajstić information content (AvgIpc) is 2.22. The maximum Gasteiger partial charge on any atom is 0.0471 e. The second kappa shape index (κ2) is 6.75. The van der Waals surface area contributed by atoms with E-state index in [0.29, 0.717) is 5.41 Å². The van der Waals surface area contributed by atoms with E-state index in [4.69, 9.17) is 4.74 Å². The molecule has 1 heterocycles. The van der Waals surface area contributed by atoms with E-state index < -0.39 is 0 Å². The maximum atomic E-state index is 5.63. The summed E-state index contributed by atoms with van der Waals surface area (Å²) in [6, 6.07) is 6.18. The van der Waals surface area contributed by atoms with Crippen LogP contribution in [-0.4, -0.2) is 18.2 Å². The minimum absolute atomic E-state index is 0.373. The maximum absolute atomic E-state index is 5.63. The Morgan fingerprint density at radius 2 is 1.94 bits per heavy atom. The second-order valence-corrected chi connectivity index (χ2v) is 5.80. The van der Waals surface area contributed by atoms with Crippen LogP contribution in [0.25, 0.3) is 0 Å². The minimum atomic E-state index is 0.373. The van der Waals surface area contributed by atoms with Crippen molar-refractivity contribution in [3.63, 3.8) is 0 Å². The van der Waals surface area contributed by atoms with Crippen molar-refractivity contribution in [3.05, 3.63) is 29.6 Å². The molecular weight excluding hydrogens is 210 g/mol. The van der Waals surface area contributed by atoms with Gasteiger partial charge in [-0.3, -0.25) is 4.98 Å². The number of aryl methyl sites for hydroxylation is 2. The molecule has 1 rings (SSSR count). The number of hydrogen-bond donors (Lipinski definition) is 0. The van der Waals surface area contributed by atoms with Gasteiger partial charge in [0.25, 0.3) is 0 Å². The highest BCUT2D eigenvalue weighted by molar-refractivity contribution is 5.09. The highest BCUT2D eigenvalue weighted by Gasteiger charge is 2.08. The first-order valence-corrected chi connectivity index (χ1v) is 6.48. The Balaban J connectivity index is 2.09. The fraction of sp³-hybridized carbons (Fsp3) is 0.667.